The minimum absolute atomic E-state index is 0.187. The standard InChI is InChI=1S/C14H19N3O2S2/c1-3-8-15-14-13(5-4-9-16-14)21(18,19)17-10-12-7-6-11(2)20-12/h4-7,9,17H,3,8,10H2,1-2H3,(H,15,16). The molecule has 7 heteroatoms. The molecule has 2 rings (SSSR count). The van der Waals surface area contributed by atoms with Crippen LogP contribution in [-0.4, -0.2) is 19.9 Å². The molecule has 5 nitrogen and oxygen atoms in total. The molecule has 0 aromatic carbocycles. The topological polar surface area (TPSA) is 71.1 Å². The number of hydrogen-bond acceptors (Lipinski definition) is 5. The first kappa shape index (κ1) is 15.9. The first-order valence-electron chi connectivity index (χ1n) is 6.77. The molecule has 2 aromatic heterocycles. The van der Waals surface area contributed by atoms with E-state index in [-0.39, 0.29) is 4.90 Å². The van der Waals surface area contributed by atoms with Gasteiger partial charge in [-0.1, -0.05) is 6.92 Å². The molecule has 21 heavy (non-hydrogen) atoms. The molecule has 0 atom stereocenters. The highest BCUT2D eigenvalue weighted by Gasteiger charge is 2.19. The third kappa shape index (κ3) is 4.26. The summed E-state index contributed by atoms with van der Waals surface area (Å²) in [5, 5.41) is 3.04. The van der Waals surface area contributed by atoms with E-state index in [4.69, 9.17) is 0 Å². The second kappa shape index (κ2) is 7.02. The number of aryl methyl sites for hydroxylation is 1. The molecular weight excluding hydrogens is 306 g/mol. The van der Waals surface area contributed by atoms with Gasteiger partial charge in [-0.3, -0.25) is 0 Å². The zero-order valence-electron chi connectivity index (χ0n) is 12.1. The molecular formula is C14H19N3O2S2. The van der Waals surface area contributed by atoms with Gasteiger partial charge < -0.3 is 5.32 Å². The van der Waals surface area contributed by atoms with Gasteiger partial charge in [-0.15, -0.1) is 11.3 Å². The molecule has 2 aromatic rings. The average Bonchev–Trinajstić information content (AvgIpc) is 2.89. The van der Waals surface area contributed by atoms with E-state index in [0.717, 1.165) is 16.2 Å². The van der Waals surface area contributed by atoms with E-state index >= 15 is 0 Å². The monoisotopic (exact) mass is 325 g/mol. The van der Waals surface area contributed by atoms with Gasteiger partial charge in [0, 0.05) is 29.0 Å². The van der Waals surface area contributed by atoms with E-state index in [1.54, 1.807) is 29.7 Å². The Balaban J connectivity index is 2.15. The van der Waals surface area contributed by atoms with Crippen LogP contribution < -0.4 is 10.0 Å². The van der Waals surface area contributed by atoms with Crippen molar-refractivity contribution in [2.75, 3.05) is 11.9 Å². The van der Waals surface area contributed by atoms with Crippen molar-refractivity contribution in [2.45, 2.75) is 31.7 Å². The molecule has 0 aliphatic heterocycles. The Labute approximate surface area is 129 Å². The van der Waals surface area contributed by atoms with Crippen molar-refractivity contribution in [1.29, 1.82) is 0 Å². The summed E-state index contributed by atoms with van der Waals surface area (Å²) in [4.78, 5) is 6.45. The van der Waals surface area contributed by atoms with Crippen LogP contribution in [0.4, 0.5) is 5.82 Å². The number of rotatable bonds is 7. The van der Waals surface area contributed by atoms with Gasteiger partial charge >= 0.3 is 0 Å². The van der Waals surface area contributed by atoms with Crippen LogP contribution in [0.15, 0.2) is 35.4 Å². The SMILES string of the molecule is CCCNc1ncccc1S(=O)(=O)NCc1ccc(C)s1. The molecule has 0 unspecified atom stereocenters. The van der Waals surface area contributed by atoms with Crippen molar-refractivity contribution in [3.8, 4) is 0 Å². The summed E-state index contributed by atoms with van der Waals surface area (Å²) in [6.45, 7) is 4.99. The van der Waals surface area contributed by atoms with E-state index in [2.05, 4.69) is 15.0 Å². The Hall–Kier alpha value is -1.44. The van der Waals surface area contributed by atoms with Gasteiger partial charge in [-0.2, -0.15) is 0 Å². The number of thiophene rings is 1. The van der Waals surface area contributed by atoms with Gasteiger partial charge in [0.25, 0.3) is 0 Å². The second-order valence-electron chi connectivity index (χ2n) is 4.61. The molecule has 0 aliphatic carbocycles. The van der Waals surface area contributed by atoms with E-state index < -0.39 is 10.0 Å². The molecule has 0 fully saturated rings. The lowest BCUT2D eigenvalue weighted by Crippen LogP contribution is -2.24. The van der Waals surface area contributed by atoms with Gasteiger partial charge in [0.05, 0.1) is 0 Å². The van der Waals surface area contributed by atoms with E-state index in [9.17, 15) is 8.42 Å². The molecule has 2 heterocycles. The first-order valence-corrected chi connectivity index (χ1v) is 9.07. The lowest BCUT2D eigenvalue weighted by atomic mass is 10.4. The molecule has 0 aliphatic rings. The number of hydrogen-bond donors (Lipinski definition) is 2. The van der Waals surface area contributed by atoms with Crippen molar-refractivity contribution in [1.82, 2.24) is 9.71 Å². The highest BCUT2D eigenvalue weighted by atomic mass is 32.2. The van der Waals surface area contributed by atoms with Crippen LogP contribution in [0.25, 0.3) is 0 Å². The predicted octanol–water partition coefficient (Wildman–Crippen LogP) is 2.75. The Bertz CT molecular complexity index is 696. The molecule has 0 bridgehead atoms. The number of pyridine rings is 1. The molecule has 114 valence electrons. The summed E-state index contributed by atoms with van der Waals surface area (Å²) >= 11 is 1.58. The van der Waals surface area contributed by atoms with Gasteiger partial charge in [0.2, 0.25) is 10.0 Å². The molecule has 0 spiro atoms. The number of anilines is 1. The van der Waals surface area contributed by atoms with Gasteiger partial charge in [0.1, 0.15) is 10.7 Å². The predicted molar refractivity (Wildman–Crippen MR) is 86.1 cm³/mol. The fourth-order valence-electron chi connectivity index (χ4n) is 1.81. The van der Waals surface area contributed by atoms with E-state index in [1.165, 1.54) is 0 Å². The highest BCUT2D eigenvalue weighted by molar-refractivity contribution is 7.89. The summed E-state index contributed by atoms with van der Waals surface area (Å²) in [7, 11) is -3.58. The van der Waals surface area contributed by atoms with Crippen molar-refractivity contribution < 1.29 is 8.42 Å². The summed E-state index contributed by atoms with van der Waals surface area (Å²) in [5.41, 5.74) is 0. The third-order valence-electron chi connectivity index (χ3n) is 2.84. The summed E-state index contributed by atoms with van der Waals surface area (Å²) in [5.74, 6) is 0.397. The third-order valence-corrected chi connectivity index (χ3v) is 5.27. The van der Waals surface area contributed by atoms with Gasteiger partial charge in [-0.05, 0) is 37.6 Å². The van der Waals surface area contributed by atoms with Gasteiger partial charge in [0.15, 0.2) is 0 Å². The second-order valence-corrected chi connectivity index (χ2v) is 7.72. The minimum atomic E-state index is -3.58. The van der Waals surface area contributed by atoms with Crippen LogP contribution in [0.2, 0.25) is 0 Å². The number of sulfonamides is 1. The van der Waals surface area contributed by atoms with Crippen LogP contribution in [-0.2, 0) is 16.6 Å². The van der Waals surface area contributed by atoms with Crippen LogP contribution in [0.3, 0.4) is 0 Å². The molecule has 0 radical (unpaired) electrons. The maximum absolute atomic E-state index is 12.4. The number of nitrogens with one attached hydrogen (secondary N) is 2. The van der Waals surface area contributed by atoms with Crippen molar-refractivity contribution in [2.24, 2.45) is 0 Å². The largest absolute Gasteiger partial charge is 0.369 e. The molecule has 0 saturated carbocycles. The summed E-state index contributed by atoms with van der Waals surface area (Å²) in [6, 6.07) is 7.10. The molecule has 0 amide bonds. The number of aromatic nitrogens is 1. The maximum atomic E-state index is 12.4. The normalized spacial score (nSPS) is 11.5. The van der Waals surface area contributed by atoms with Crippen LogP contribution >= 0.6 is 11.3 Å². The van der Waals surface area contributed by atoms with Crippen molar-refractivity contribution >= 4 is 27.2 Å². The fraction of sp³-hybridized carbons (Fsp3) is 0.357. The Morgan fingerprint density at radius 3 is 2.76 bits per heavy atom. The molecule has 2 N–H and O–H groups in total. The lowest BCUT2D eigenvalue weighted by molar-refractivity contribution is 0.581. The maximum Gasteiger partial charge on any atom is 0.244 e. The first-order chi connectivity index (χ1) is 10.0. The minimum Gasteiger partial charge on any atom is -0.369 e. The van der Waals surface area contributed by atoms with Crippen molar-refractivity contribution in [3.63, 3.8) is 0 Å². The van der Waals surface area contributed by atoms with E-state index in [0.29, 0.717) is 18.9 Å². The van der Waals surface area contributed by atoms with Crippen LogP contribution in [0.1, 0.15) is 23.1 Å². The number of nitrogens with zero attached hydrogens (tertiary/aromatic N) is 1. The quantitative estimate of drug-likeness (QED) is 0.821. The van der Waals surface area contributed by atoms with Gasteiger partial charge in [-0.25, -0.2) is 18.1 Å². The Morgan fingerprint density at radius 2 is 2.10 bits per heavy atom. The average molecular weight is 325 g/mol. The molecule has 0 saturated heterocycles. The van der Waals surface area contributed by atoms with Crippen LogP contribution in [0, 0.1) is 6.92 Å². The van der Waals surface area contributed by atoms with E-state index in [1.807, 2.05) is 26.0 Å². The van der Waals surface area contributed by atoms with Crippen LogP contribution in [0.5, 0.6) is 0 Å². The summed E-state index contributed by atoms with van der Waals surface area (Å²) in [6.07, 6.45) is 2.48. The zero-order valence-corrected chi connectivity index (χ0v) is 13.7. The fourth-order valence-corrected chi connectivity index (χ4v) is 3.87. The smallest absolute Gasteiger partial charge is 0.244 e. The van der Waals surface area contributed by atoms with Crippen molar-refractivity contribution in [3.05, 3.63) is 40.2 Å². The zero-order chi connectivity index (χ0) is 15.3. The highest BCUT2D eigenvalue weighted by Crippen LogP contribution is 2.20. The Kier molecular flexibility index (Phi) is 5.33. The Morgan fingerprint density at radius 1 is 1.29 bits per heavy atom. The lowest BCUT2D eigenvalue weighted by Gasteiger charge is -2.11. The summed E-state index contributed by atoms with van der Waals surface area (Å²) < 4.78 is 27.4.